The summed E-state index contributed by atoms with van der Waals surface area (Å²) in [6.45, 7) is 0.846. The molecule has 1 aliphatic carbocycles. The van der Waals surface area contributed by atoms with Gasteiger partial charge in [-0.1, -0.05) is 30.0 Å². The summed E-state index contributed by atoms with van der Waals surface area (Å²) in [7, 11) is 0. The van der Waals surface area contributed by atoms with Crippen LogP contribution in [0.2, 0.25) is 0 Å². The molecule has 134 valence electrons. The summed E-state index contributed by atoms with van der Waals surface area (Å²) in [4.78, 5) is 19.2. The predicted octanol–water partition coefficient (Wildman–Crippen LogP) is 4.60. The highest BCUT2D eigenvalue weighted by atomic mass is 32.2. The van der Waals surface area contributed by atoms with E-state index in [2.05, 4.69) is 5.38 Å². The third kappa shape index (κ3) is 3.00. The van der Waals surface area contributed by atoms with Crippen LogP contribution in [0, 0.1) is 0 Å². The molecule has 0 amide bonds. The Hall–Kier alpha value is -1.63. The number of aromatic nitrogens is 2. The second-order valence-corrected chi connectivity index (χ2v) is 8.81. The highest BCUT2D eigenvalue weighted by Crippen LogP contribution is 2.44. The Morgan fingerprint density at radius 3 is 2.81 bits per heavy atom. The van der Waals surface area contributed by atoms with Crippen LogP contribution in [0.3, 0.4) is 0 Å². The average molecular weight is 385 g/mol. The van der Waals surface area contributed by atoms with Gasteiger partial charge in [-0.15, -0.1) is 11.3 Å². The molecule has 5 rings (SSSR count). The van der Waals surface area contributed by atoms with E-state index in [1.807, 2.05) is 30.3 Å². The number of para-hydroxylation sites is 1. The first-order valence-corrected chi connectivity index (χ1v) is 11.0. The lowest BCUT2D eigenvalue weighted by Crippen LogP contribution is -2.22. The van der Waals surface area contributed by atoms with E-state index in [1.165, 1.54) is 18.4 Å². The Balaban J connectivity index is 1.63. The minimum atomic E-state index is 0.0687. The van der Waals surface area contributed by atoms with Gasteiger partial charge in [0.1, 0.15) is 4.83 Å². The van der Waals surface area contributed by atoms with E-state index in [0.29, 0.717) is 5.92 Å². The number of thioether (sulfide) groups is 1. The highest BCUT2D eigenvalue weighted by molar-refractivity contribution is 7.99. The number of benzene rings is 1. The number of fused-ring (bicyclic) bond motifs is 1. The standard InChI is InChI=1S/C20H20N2O2S2/c23-19-17-16(13-8-9-13)12-25-18(17)21-20(26-11-15-7-4-10-24-15)22(19)14-5-2-1-3-6-14/h1-3,5-6,12-13,15H,4,7-11H2/t15-/m0/s1. The topological polar surface area (TPSA) is 44.1 Å². The zero-order valence-electron chi connectivity index (χ0n) is 14.4. The maximum absolute atomic E-state index is 13.4. The van der Waals surface area contributed by atoms with E-state index in [0.717, 1.165) is 46.3 Å². The molecule has 2 aliphatic rings. The molecule has 1 aromatic carbocycles. The predicted molar refractivity (Wildman–Crippen MR) is 107 cm³/mol. The lowest BCUT2D eigenvalue weighted by Gasteiger charge is -2.14. The molecule has 1 aliphatic heterocycles. The second kappa shape index (κ2) is 6.83. The Bertz CT molecular complexity index is 986. The SMILES string of the molecule is O=c1c2c(C3CC3)csc2nc(SC[C@@H]2CCCO2)n1-c1ccccc1. The Morgan fingerprint density at radius 1 is 1.23 bits per heavy atom. The Morgan fingerprint density at radius 2 is 2.08 bits per heavy atom. The number of nitrogens with zero attached hydrogens (tertiary/aromatic N) is 2. The third-order valence-corrected chi connectivity index (χ3v) is 7.02. The van der Waals surface area contributed by atoms with Crippen LogP contribution >= 0.6 is 23.1 Å². The first-order chi connectivity index (χ1) is 12.8. The van der Waals surface area contributed by atoms with E-state index in [1.54, 1.807) is 27.7 Å². The molecule has 3 heterocycles. The molecule has 2 aromatic heterocycles. The summed E-state index contributed by atoms with van der Waals surface area (Å²) >= 11 is 3.24. The van der Waals surface area contributed by atoms with Gasteiger partial charge in [0.2, 0.25) is 0 Å². The molecule has 0 bridgehead atoms. The molecule has 2 fully saturated rings. The van der Waals surface area contributed by atoms with Crippen LogP contribution in [-0.4, -0.2) is 28.0 Å². The van der Waals surface area contributed by atoms with Gasteiger partial charge in [0, 0.05) is 12.4 Å². The summed E-state index contributed by atoms with van der Waals surface area (Å²) in [5.74, 6) is 1.39. The van der Waals surface area contributed by atoms with Crippen molar-refractivity contribution in [3.63, 3.8) is 0 Å². The lowest BCUT2D eigenvalue weighted by molar-refractivity contribution is 0.129. The molecular weight excluding hydrogens is 364 g/mol. The normalized spacial score (nSPS) is 20.1. The van der Waals surface area contributed by atoms with Gasteiger partial charge in [0.15, 0.2) is 5.16 Å². The molecule has 4 nitrogen and oxygen atoms in total. The molecule has 0 spiro atoms. The number of thiophene rings is 1. The summed E-state index contributed by atoms with van der Waals surface area (Å²) in [6, 6.07) is 9.87. The summed E-state index contributed by atoms with van der Waals surface area (Å²) in [5, 5.41) is 3.73. The number of ether oxygens (including phenoxy) is 1. The zero-order valence-corrected chi connectivity index (χ0v) is 16.0. The smallest absolute Gasteiger partial charge is 0.267 e. The van der Waals surface area contributed by atoms with E-state index in [-0.39, 0.29) is 11.7 Å². The quantitative estimate of drug-likeness (QED) is 0.476. The lowest BCUT2D eigenvalue weighted by atomic mass is 10.1. The molecule has 0 unspecified atom stereocenters. The van der Waals surface area contributed by atoms with Crippen LogP contribution in [0.1, 0.15) is 37.2 Å². The van der Waals surface area contributed by atoms with Crippen LogP contribution in [0.5, 0.6) is 0 Å². The summed E-state index contributed by atoms with van der Waals surface area (Å²) < 4.78 is 7.54. The van der Waals surface area contributed by atoms with Crippen LogP contribution in [0.4, 0.5) is 0 Å². The average Bonchev–Trinajstić information content (AvgIpc) is 3.20. The van der Waals surface area contributed by atoms with Crippen LogP contribution in [0.15, 0.2) is 45.7 Å². The first kappa shape index (κ1) is 16.5. The van der Waals surface area contributed by atoms with Gasteiger partial charge in [-0.05, 0) is 54.7 Å². The first-order valence-electron chi connectivity index (χ1n) is 9.15. The van der Waals surface area contributed by atoms with Crippen molar-refractivity contribution in [1.29, 1.82) is 0 Å². The van der Waals surface area contributed by atoms with E-state index < -0.39 is 0 Å². The fraction of sp³-hybridized carbons (Fsp3) is 0.400. The van der Waals surface area contributed by atoms with Crippen LogP contribution in [0.25, 0.3) is 15.9 Å². The van der Waals surface area contributed by atoms with Crippen molar-refractivity contribution in [2.45, 2.75) is 42.9 Å². The summed E-state index contributed by atoms with van der Waals surface area (Å²) in [5.41, 5.74) is 2.15. The van der Waals surface area contributed by atoms with Crippen molar-refractivity contribution >= 4 is 33.3 Å². The van der Waals surface area contributed by atoms with E-state index in [4.69, 9.17) is 9.72 Å². The third-order valence-electron chi connectivity index (χ3n) is 5.06. The van der Waals surface area contributed by atoms with Crippen molar-refractivity contribution in [3.05, 3.63) is 51.6 Å². The van der Waals surface area contributed by atoms with Crippen molar-refractivity contribution in [2.24, 2.45) is 0 Å². The monoisotopic (exact) mass is 384 g/mol. The van der Waals surface area contributed by atoms with Crippen molar-refractivity contribution in [2.75, 3.05) is 12.4 Å². The highest BCUT2D eigenvalue weighted by Gasteiger charge is 2.29. The summed E-state index contributed by atoms with van der Waals surface area (Å²) in [6.07, 6.45) is 4.86. The molecule has 6 heteroatoms. The van der Waals surface area contributed by atoms with Gasteiger partial charge in [-0.25, -0.2) is 4.98 Å². The van der Waals surface area contributed by atoms with E-state index in [9.17, 15) is 4.79 Å². The van der Waals surface area contributed by atoms with Crippen LogP contribution < -0.4 is 5.56 Å². The van der Waals surface area contributed by atoms with Gasteiger partial charge in [-0.3, -0.25) is 9.36 Å². The van der Waals surface area contributed by atoms with Crippen molar-refractivity contribution in [3.8, 4) is 5.69 Å². The number of rotatable bonds is 5. The molecule has 3 aromatic rings. The Kier molecular flexibility index (Phi) is 4.35. The molecular formula is C20H20N2O2S2. The molecule has 26 heavy (non-hydrogen) atoms. The largest absolute Gasteiger partial charge is 0.377 e. The molecule has 1 saturated carbocycles. The van der Waals surface area contributed by atoms with Gasteiger partial charge in [-0.2, -0.15) is 0 Å². The van der Waals surface area contributed by atoms with Gasteiger partial charge in [0.25, 0.3) is 5.56 Å². The molecule has 1 atom stereocenters. The molecule has 0 radical (unpaired) electrons. The van der Waals surface area contributed by atoms with Crippen molar-refractivity contribution < 1.29 is 4.74 Å². The second-order valence-electron chi connectivity index (χ2n) is 6.96. The fourth-order valence-electron chi connectivity index (χ4n) is 3.53. The van der Waals surface area contributed by atoms with Gasteiger partial charge in [0.05, 0.1) is 17.2 Å². The van der Waals surface area contributed by atoms with Crippen molar-refractivity contribution in [1.82, 2.24) is 9.55 Å². The zero-order chi connectivity index (χ0) is 17.5. The molecule has 1 saturated heterocycles. The minimum Gasteiger partial charge on any atom is -0.377 e. The maximum Gasteiger partial charge on any atom is 0.267 e. The maximum atomic E-state index is 13.4. The Labute approximate surface area is 160 Å². The minimum absolute atomic E-state index is 0.0687. The number of hydrogen-bond acceptors (Lipinski definition) is 5. The van der Waals surface area contributed by atoms with Gasteiger partial charge >= 0.3 is 0 Å². The van der Waals surface area contributed by atoms with Crippen LogP contribution in [-0.2, 0) is 4.74 Å². The number of hydrogen-bond donors (Lipinski definition) is 0. The van der Waals surface area contributed by atoms with E-state index >= 15 is 0 Å². The van der Waals surface area contributed by atoms with Gasteiger partial charge < -0.3 is 4.74 Å². The molecule has 0 N–H and O–H groups in total. The fourth-order valence-corrected chi connectivity index (χ4v) is 5.67.